The van der Waals surface area contributed by atoms with Crippen molar-refractivity contribution < 1.29 is 19.6 Å². The molecule has 140 valence electrons. The Morgan fingerprint density at radius 2 is 1.50 bits per heavy atom. The molecule has 0 saturated carbocycles. The molecule has 0 atom stereocenters. The summed E-state index contributed by atoms with van der Waals surface area (Å²) in [6.07, 6.45) is 0. The van der Waals surface area contributed by atoms with Crippen LogP contribution in [0.2, 0.25) is 0 Å². The largest absolute Gasteiger partial charge is 0.488 e. The number of nitrogens with two attached hydrogens (primary N) is 1. The van der Waals surface area contributed by atoms with Gasteiger partial charge in [-0.2, -0.15) is 0 Å². The van der Waals surface area contributed by atoms with Crippen molar-refractivity contribution in [2.24, 2.45) is 0 Å². The molecule has 4 aromatic rings. The van der Waals surface area contributed by atoms with E-state index in [1.165, 1.54) is 12.1 Å². The lowest BCUT2D eigenvalue weighted by atomic mass is 9.80. The summed E-state index contributed by atoms with van der Waals surface area (Å²) in [5.74, 6) is 0. The van der Waals surface area contributed by atoms with Crippen LogP contribution >= 0.6 is 0 Å². The summed E-state index contributed by atoms with van der Waals surface area (Å²) in [5.41, 5.74) is 8.62. The Morgan fingerprint density at radius 3 is 2.11 bits per heavy atom. The fourth-order valence-corrected chi connectivity index (χ4v) is 2.50. The number of rotatable bonds is 3. The van der Waals surface area contributed by atoms with E-state index in [4.69, 9.17) is 15.8 Å². The van der Waals surface area contributed by atoms with Gasteiger partial charge >= 0.3 is 12.8 Å². The van der Waals surface area contributed by atoms with E-state index in [2.05, 4.69) is 14.9 Å². The molecule has 4 N–H and O–H groups in total. The second-order valence-electron chi connectivity index (χ2n) is 5.75. The minimum absolute atomic E-state index is 0.0741. The fraction of sp³-hybridized carbons (Fsp3) is 0. The molecule has 1 aromatic heterocycles. The maximum absolute atomic E-state index is 10.5. The topological polar surface area (TPSA) is 149 Å². The summed E-state index contributed by atoms with van der Waals surface area (Å²) in [5, 5.41) is 35.2. The highest BCUT2D eigenvalue weighted by molar-refractivity contribution is 6.58. The summed E-state index contributed by atoms with van der Waals surface area (Å²) in [6, 6.07) is 19.8. The van der Waals surface area contributed by atoms with E-state index in [0.717, 1.165) is 11.1 Å². The number of fused-ring (bicyclic) bond motifs is 1. The normalized spacial score (nSPS) is 10.2. The van der Waals surface area contributed by atoms with Crippen molar-refractivity contribution in [1.29, 1.82) is 0 Å². The number of nitrogen functional groups attached to an aromatic ring is 1. The molecule has 0 fully saturated rings. The molecule has 0 aliphatic rings. The van der Waals surface area contributed by atoms with Gasteiger partial charge in [-0.3, -0.25) is 10.1 Å². The van der Waals surface area contributed by atoms with Gasteiger partial charge in [0.25, 0.3) is 0 Å². The molecule has 4 rings (SSSR count). The zero-order valence-corrected chi connectivity index (χ0v) is 14.5. The summed E-state index contributed by atoms with van der Waals surface area (Å²) >= 11 is 0. The molecule has 0 aliphatic carbocycles. The Kier molecular flexibility index (Phi) is 5.63. The predicted molar refractivity (Wildman–Crippen MR) is 105 cm³/mol. The molecule has 3 aromatic carbocycles. The van der Waals surface area contributed by atoms with Crippen LogP contribution in [0.3, 0.4) is 0 Å². The molecule has 1 heterocycles. The van der Waals surface area contributed by atoms with Crippen LogP contribution in [0.15, 0.2) is 71.4 Å². The van der Waals surface area contributed by atoms with Crippen LogP contribution in [0.5, 0.6) is 0 Å². The van der Waals surface area contributed by atoms with Gasteiger partial charge < -0.3 is 15.8 Å². The van der Waals surface area contributed by atoms with Crippen LogP contribution in [0.1, 0.15) is 0 Å². The number of non-ortho nitro benzene ring substituents is 1. The quantitative estimate of drug-likeness (QED) is 0.211. The van der Waals surface area contributed by atoms with Crippen LogP contribution in [-0.4, -0.2) is 32.4 Å². The van der Waals surface area contributed by atoms with Gasteiger partial charge in [0.05, 0.1) is 10.6 Å². The standard InChI is InChI=1S/C12H11BO2.C6H4N4O3/c14-13(15)12-8-6-11(7-9-12)10-4-2-1-3-5-10;7-3-1-2-4(10(11)12)6-5(3)8-13-9-6/h1-9,14-15H;1-2H,7H2. The monoisotopic (exact) mass is 378 g/mol. The van der Waals surface area contributed by atoms with Crippen LogP contribution in [-0.2, 0) is 0 Å². The van der Waals surface area contributed by atoms with Crippen LogP contribution in [0.4, 0.5) is 11.4 Å². The van der Waals surface area contributed by atoms with E-state index in [0.29, 0.717) is 11.2 Å². The molecular weight excluding hydrogens is 363 g/mol. The predicted octanol–water partition coefficient (Wildman–Crippen LogP) is 1.75. The van der Waals surface area contributed by atoms with E-state index >= 15 is 0 Å². The Labute approximate surface area is 159 Å². The average molecular weight is 378 g/mol. The number of hydrogen-bond donors (Lipinski definition) is 3. The lowest BCUT2D eigenvalue weighted by Crippen LogP contribution is -2.29. The van der Waals surface area contributed by atoms with Crippen molar-refractivity contribution in [3.05, 3.63) is 76.8 Å². The minimum atomic E-state index is -1.39. The van der Waals surface area contributed by atoms with Gasteiger partial charge in [-0.1, -0.05) is 54.6 Å². The van der Waals surface area contributed by atoms with Gasteiger partial charge in [0.15, 0.2) is 5.52 Å². The SMILES string of the molecule is Nc1ccc([N+](=O)[O-])c2nonc12.OB(O)c1ccc(-c2ccccc2)cc1. The lowest BCUT2D eigenvalue weighted by Gasteiger charge is -2.03. The summed E-state index contributed by atoms with van der Waals surface area (Å²) in [4.78, 5) is 9.92. The van der Waals surface area contributed by atoms with Crippen LogP contribution in [0.25, 0.3) is 22.2 Å². The Balaban J connectivity index is 0.000000162. The van der Waals surface area contributed by atoms with Gasteiger partial charge in [0, 0.05) is 6.07 Å². The number of nitro groups is 1. The van der Waals surface area contributed by atoms with Crippen molar-refractivity contribution in [2.75, 3.05) is 5.73 Å². The summed E-state index contributed by atoms with van der Waals surface area (Å²) in [6.45, 7) is 0. The zero-order valence-electron chi connectivity index (χ0n) is 14.5. The Morgan fingerprint density at radius 1 is 0.893 bits per heavy atom. The molecule has 0 unspecified atom stereocenters. The van der Waals surface area contributed by atoms with E-state index in [1.807, 2.05) is 42.5 Å². The first kappa shape index (κ1) is 19.0. The molecule has 28 heavy (non-hydrogen) atoms. The molecule has 0 radical (unpaired) electrons. The number of aromatic nitrogens is 2. The highest BCUT2D eigenvalue weighted by Crippen LogP contribution is 2.26. The van der Waals surface area contributed by atoms with Crippen LogP contribution in [0, 0.1) is 10.1 Å². The first-order valence-corrected chi connectivity index (χ1v) is 8.14. The van der Waals surface area contributed by atoms with E-state index in [9.17, 15) is 10.1 Å². The molecule has 9 nitrogen and oxygen atoms in total. The number of nitro benzene ring substituents is 1. The molecule has 0 spiro atoms. The van der Waals surface area contributed by atoms with Crippen molar-refractivity contribution in [3.8, 4) is 11.1 Å². The van der Waals surface area contributed by atoms with Crippen molar-refractivity contribution in [2.45, 2.75) is 0 Å². The third kappa shape index (κ3) is 4.14. The Bertz CT molecular complexity index is 1080. The first-order chi connectivity index (χ1) is 13.5. The van der Waals surface area contributed by atoms with E-state index in [1.54, 1.807) is 12.1 Å². The maximum Gasteiger partial charge on any atom is 0.488 e. The Hall–Kier alpha value is -3.76. The minimum Gasteiger partial charge on any atom is -0.423 e. The maximum atomic E-state index is 10.5. The zero-order chi connectivity index (χ0) is 20.1. The number of nitrogens with zero attached hydrogens (tertiary/aromatic N) is 3. The van der Waals surface area contributed by atoms with Crippen LogP contribution < -0.4 is 11.2 Å². The average Bonchev–Trinajstić information content (AvgIpc) is 3.20. The molecular formula is C18H15BN4O5. The van der Waals surface area contributed by atoms with Crippen molar-refractivity contribution in [1.82, 2.24) is 10.3 Å². The number of anilines is 1. The molecule has 0 amide bonds. The third-order valence-corrected chi connectivity index (χ3v) is 3.94. The van der Waals surface area contributed by atoms with Crippen molar-refractivity contribution >= 4 is 35.0 Å². The first-order valence-electron chi connectivity index (χ1n) is 8.14. The van der Waals surface area contributed by atoms with Crippen molar-refractivity contribution in [3.63, 3.8) is 0 Å². The van der Waals surface area contributed by atoms with Gasteiger partial charge in [-0.15, -0.1) is 0 Å². The van der Waals surface area contributed by atoms with Gasteiger partial charge in [-0.25, -0.2) is 4.63 Å². The summed E-state index contributed by atoms with van der Waals surface area (Å²) < 4.78 is 4.35. The second kappa shape index (κ2) is 8.29. The van der Waals surface area contributed by atoms with Gasteiger partial charge in [0.1, 0.15) is 0 Å². The lowest BCUT2D eigenvalue weighted by molar-refractivity contribution is -0.383. The molecule has 0 bridgehead atoms. The van der Waals surface area contributed by atoms with Gasteiger partial charge in [0.2, 0.25) is 5.52 Å². The number of hydrogen-bond acceptors (Lipinski definition) is 8. The molecule has 10 heteroatoms. The fourth-order valence-electron chi connectivity index (χ4n) is 2.50. The van der Waals surface area contributed by atoms with E-state index in [-0.39, 0.29) is 16.7 Å². The molecule has 0 saturated heterocycles. The third-order valence-electron chi connectivity index (χ3n) is 3.94. The summed E-state index contributed by atoms with van der Waals surface area (Å²) in [7, 11) is -1.39. The molecule has 0 aliphatic heterocycles. The highest BCUT2D eigenvalue weighted by atomic mass is 16.6. The number of benzene rings is 3. The van der Waals surface area contributed by atoms with E-state index < -0.39 is 12.0 Å². The highest BCUT2D eigenvalue weighted by Gasteiger charge is 2.17. The second-order valence-corrected chi connectivity index (χ2v) is 5.75. The smallest absolute Gasteiger partial charge is 0.423 e. The van der Waals surface area contributed by atoms with Gasteiger partial charge in [-0.05, 0) is 33.0 Å².